The lowest BCUT2D eigenvalue weighted by Gasteiger charge is -2.25. The van der Waals surface area contributed by atoms with Crippen LogP contribution in [-0.2, 0) is 12.1 Å². The molecular weight excluding hydrogens is 412 g/mol. The fraction of sp³-hybridized carbons (Fsp3) is 0.222. The number of hydrogen-bond acceptors (Lipinski definition) is 4. The lowest BCUT2D eigenvalue weighted by molar-refractivity contribution is 0.0910. The summed E-state index contributed by atoms with van der Waals surface area (Å²) in [5.74, 6) is 0.624. The van der Waals surface area contributed by atoms with Crippen LogP contribution in [0.3, 0.4) is 0 Å². The fourth-order valence-corrected chi connectivity index (χ4v) is 3.82. The number of rotatable bonds is 7. The maximum atomic E-state index is 13.5. The number of nitrogens with one attached hydrogen (secondary N) is 1. The van der Waals surface area contributed by atoms with E-state index in [9.17, 15) is 4.79 Å². The van der Waals surface area contributed by atoms with E-state index in [4.69, 9.17) is 4.74 Å². The number of methoxy groups -OCH3 is 1. The summed E-state index contributed by atoms with van der Waals surface area (Å²) >= 11 is 0. The predicted molar refractivity (Wildman–Crippen MR) is 129 cm³/mol. The van der Waals surface area contributed by atoms with E-state index in [2.05, 4.69) is 15.6 Å². The molecule has 6 heteroatoms. The van der Waals surface area contributed by atoms with Gasteiger partial charge in [0.2, 0.25) is 0 Å². The molecule has 168 valence electrons. The minimum Gasteiger partial charge on any atom is -0.497 e. The molecule has 33 heavy (non-hydrogen) atoms. The highest BCUT2D eigenvalue weighted by molar-refractivity contribution is 6.02. The highest BCUT2D eigenvalue weighted by Crippen LogP contribution is 2.29. The molecule has 0 radical (unpaired) electrons. The lowest BCUT2D eigenvalue weighted by atomic mass is 9.93. The number of aromatic nitrogens is 3. The standard InChI is InChI=1S/C27H28N4O2/c1-19-9-8-12-23(21-13-15-22(33-4)16-14-21)25(19)26(32)28-27(2,3)24-18-31(30-29-24)17-20-10-6-5-7-11-20/h5-16,18H,17H2,1-4H3,(H,28,32). The normalized spacial score (nSPS) is 11.3. The zero-order valence-corrected chi connectivity index (χ0v) is 19.4. The molecule has 0 fully saturated rings. The first-order chi connectivity index (χ1) is 15.9. The Bertz CT molecular complexity index is 1240. The third-order valence-corrected chi connectivity index (χ3v) is 5.69. The SMILES string of the molecule is COc1ccc(-c2cccc(C)c2C(=O)NC(C)(C)c2cn(Cc3ccccc3)nn2)cc1. The Morgan fingerprint density at radius 3 is 2.42 bits per heavy atom. The van der Waals surface area contributed by atoms with Gasteiger partial charge >= 0.3 is 0 Å². The van der Waals surface area contributed by atoms with Crippen molar-refractivity contribution in [3.05, 3.63) is 101 Å². The number of carbonyl (C=O) groups excluding carboxylic acids is 1. The molecular formula is C27H28N4O2. The molecule has 0 bridgehead atoms. The van der Waals surface area contributed by atoms with Crippen LogP contribution in [0, 0.1) is 6.92 Å². The fourth-order valence-electron chi connectivity index (χ4n) is 3.82. The molecule has 0 unspecified atom stereocenters. The molecule has 0 spiro atoms. The van der Waals surface area contributed by atoms with Crippen molar-refractivity contribution in [1.29, 1.82) is 0 Å². The first-order valence-electron chi connectivity index (χ1n) is 10.9. The lowest BCUT2D eigenvalue weighted by Crippen LogP contribution is -2.41. The Morgan fingerprint density at radius 1 is 1.00 bits per heavy atom. The molecule has 1 heterocycles. The van der Waals surface area contributed by atoms with Gasteiger partial charge in [-0.1, -0.05) is 65.9 Å². The van der Waals surface area contributed by atoms with Gasteiger partial charge in [-0.3, -0.25) is 4.79 Å². The van der Waals surface area contributed by atoms with Crippen molar-refractivity contribution in [3.63, 3.8) is 0 Å². The van der Waals surface area contributed by atoms with Crippen molar-refractivity contribution in [2.45, 2.75) is 32.9 Å². The van der Waals surface area contributed by atoms with Gasteiger partial charge in [-0.15, -0.1) is 5.10 Å². The Hall–Kier alpha value is -3.93. The summed E-state index contributed by atoms with van der Waals surface area (Å²) in [5, 5.41) is 11.8. The summed E-state index contributed by atoms with van der Waals surface area (Å²) in [6, 6.07) is 23.7. The van der Waals surface area contributed by atoms with Crippen LogP contribution >= 0.6 is 0 Å². The van der Waals surface area contributed by atoms with Crippen molar-refractivity contribution in [2.24, 2.45) is 0 Å². The van der Waals surface area contributed by atoms with E-state index in [0.29, 0.717) is 17.8 Å². The number of aryl methyl sites for hydroxylation is 1. The van der Waals surface area contributed by atoms with Gasteiger partial charge in [-0.05, 0) is 55.2 Å². The van der Waals surface area contributed by atoms with Crippen molar-refractivity contribution < 1.29 is 9.53 Å². The van der Waals surface area contributed by atoms with Crippen LogP contribution < -0.4 is 10.1 Å². The third kappa shape index (κ3) is 4.95. The van der Waals surface area contributed by atoms with E-state index in [0.717, 1.165) is 28.0 Å². The molecule has 0 saturated heterocycles. The zero-order valence-electron chi connectivity index (χ0n) is 19.4. The topological polar surface area (TPSA) is 69.0 Å². The quantitative estimate of drug-likeness (QED) is 0.440. The maximum absolute atomic E-state index is 13.5. The van der Waals surface area contributed by atoms with E-state index in [1.54, 1.807) is 11.8 Å². The van der Waals surface area contributed by atoms with Gasteiger partial charge in [-0.25, -0.2) is 4.68 Å². The molecule has 0 saturated carbocycles. The van der Waals surface area contributed by atoms with E-state index in [-0.39, 0.29) is 5.91 Å². The van der Waals surface area contributed by atoms with Gasteiger partial charge in [0.1, 0.15) is 11.4 Å². The summed E-state index contributed by atoms with van der Waals surface area (Å²) in [6.45, 7) is 6.45. The van der Waals surface area contributed by atoms with E-state index in [1.807, 2.05) is 99.8 Å². The van der Waals surface area contributed by atoms with E-state index < -0.39 is 5.54 Å². The minimum absolute atomic E-state index is 0.151. The van der Waals surface area contributed by atoms with Crippen molar-refractivity contribution >= 4 is 5.91 Å². The van der Waals surface area contributed by atoms with Gasteiger partial charge < -0.3 is 10.1 Å². The third-order valence-electron chi connectivity index (χ3n) is 5.69. The first kappa shape index (κ1) is 22.3. The van der Waals surface area contributed by atoms with Gasteiger partial charge in [0.25, 0.3) is 5.91 Å². The summed E-state index contributed by atoms with van der Waals surface area (Å²) in [7, 11) is 1.64. The summed E-state index contributed by atoms with van der Waals surface area (Å²) in [6.07, 6.45) is 1.88. The number of hydrogen-bond donors (Lipinski definition) is 1. The number of nitrogens with zero attached hydrogens (tertiary/aromatic N) is 3. The van der Waals surface area contributed by atoms with Crippen LogP contribution in [-0.4, -0.2) is 28.0 Å². The molecule has 0 aliphatic rings. The molecule has 0 atom stereocenters. The van der Waals surface area contributed by atoms with Gasteiger partial charge in [0.05, 0.1) is 31.0 Å². The average Bonchev–Trinajstić information content (AvgIpc) is 3.29. The van der Waals surface area contributed by atoms with Crippen molar-refractivity contribution in [2.75, 3.05) is 7.11 Å². The summed E-state index contributed by atoms with van der Waals surface area (Å²) < 4.78 is 7.05. The van der Waals surface area contributed by atoms with Crippen LogP contribution in [0.1, 0.15) is 41.0 Å². The smallest absolute Gasteiger partial charge is 0.252 e. The van der Waals surface area contributed by atoms with Crippen LogP contribution in [0.15, 0.2) is 79.0 Å². The van der Waals surface area contributed by atoms with E-state index in [1.165, 1.54) is 0 Å². The number of amides is 1. The second-order valence-electron chi connectivity index (χ2n) is 8.59. The van der Waals surface area contributed by atoms with E-state index >= 15 is 0 Å². The summed E-state index contributed by atoms with van der Waals surface area (Å²) in [5.41, 5.74) is 4.52. The molecule has 3 aromatic carbocycles. The van der Waals surface area contributed by atoms with Crippen molar-refractivity contribution in [3.8, 4) is 16.9 Å². The minimum atomic E-state index is -0.703. The monoisotopic (exact) mass is 440 g/mol. The molecule has 4 aromatic rings. The summed E-state index contributed by atoms with van der Waals surface area (Å²) in [4.78, 5) is 13.5. The highest BCUT2D eigenvalue weighted by atomic mass is 16.5. The number of carbonyl (C=O) groups is 1. The van der Waals surface area contributed by atoms with Crippen LogP contribution in [0.25, 0.3) is 11.1 Å². The molecule has 4 rings (SSSR count). The molecule has 1 amide bonds. The maximum Gasteiger partial charge on any atom is 0.252 e. The Morgan fingerprint density at radius 2 is 1.73 bits per heavy atom. The van der Waals surface area contributed by atoms with Crippen LogP contribution in [0.5, 0.6) is 5.75 Å². The van der Waals surface area contributed by atoms with Crippen molar-refractivity contribution in [1.82, 2.24) is 20.3 Å². The second-order valence-corrected chi connectivity index (χ2v) is 8.59. The van der Waals surface area contributed by atoms with Gasteiger partial charge in [0, 0.05) is 0 Å². The van der Waals surface area contributed by atoms with Gasteiger partial charge in [-0.2, -0.15) is 0 Å². The van der Waals surface area contributed by atoms with Crippen LogP contribution in [0.4, 0.5) is 0 Å². The number of benzene rings is 3. The van der Waals surface area contributed by atoms with Crippen LogP contribution in [0.2, 0.25) is 0 Å². The molecule has 6 nitrogen and oxygen atoms in total. The predicted octanol–water partition coefficient (Wildman–Crippen LogP) is 4.98. The Labute approximate surface area is 194 Å². The second kappa shape index (κ2) is 9.28. The molecule has 1 N–H and O–H groups in total. The molecule has 0 aliphatic heterocycles. The molecule has 0 aliphatic carbocycles. The average molecular weight is 441 g/mol. The largest absolute Gasteiger partial charge is 0.497 e. The highest BCUT2D eigenvalue weighted by Gasteiger charge is 2.28. The van der Waals surface area contributed by atoms with Gasteiger partial charge in [0.15, 0.2) is 0 Å². The zero-order chi connectivity index (χ0) is 23.4. The Kier molecular flexibility index (Phi) is 6.27. The number of ether oxygens (including phenoxy) is 1. The molecule has 1 aromatic heterocycles. The first-order valence-corrected chi connectivity index (χ1v) is 10.9. The Balaban J connectivity index is 1.58.